The van der Waals surface area contributed by atoms with E-state index in [9.17, 15) is 8.78 Å². The van der Waals surface area contributed by atoms with Gasteiger partial charge in [0.15, 0.2) is 14.9 Å². The summed E-state index contributed by atoms with van der Waals surface area (Å²) in [5.41, 5.74) is 0.543. The lowest BCUT2D eigenvalue weighted by atomic mass is 9.78. The number of hydrogen-bond acceptors (Lipinski definition) is 3. The Labute approximate surface area is 125 Å². The van der Waals surface area contributed by atoms with Crippen LogP contribution in [0.1, 0.15) is 44.5 Å². The molecule has 0 aliphatic carbocycles. The Kier molecular flexibility index (Phi) is 6.03. The maximum Gasteiger partial charge on any atom is 0.297 e. The van der Waals surface area contributed by atoms with Gasteiger partial charge in [-0.15, -0.1) is 0 Å². The molecule has 0 fully saturated rings. The minimum atomic E-state index is -2.71. The second-order valence-electron chi connectivity index (χ2n) is 6.08. The summed E-state index contributed by atoms with van der Waals surface area (Å²) in [5, 5.41) is 0.0873. The molecule has 0 aliphatic rings. The summed E-state index contributed by atoms with van der Waals surface area (Å²) < 4.78 is 30.9. The fourth-order valence-corrected chi connectivity index (χ4v) is 2.66. The third kappa shape index (κ3) is 4.75. The van der Waals surface area contributed by atoms with Gasteiger partial charge in [0.05, 0.1) is 0 Å². The van der Waals surface area contributed by atoms with Crippen LogP contribution in [-0.2, 0) is 4.43 Å². The van der Waals surface area contributed by atoms with Crippen molar-refractivity contribution in [1.82, 2.24) is 9.97 Å². The van der Waals surface area contributed by atoms with Crippen LogP contribution < -0.4 is 0 Å². The largest absolute Gasteiger partial charge is 0.420 e. The number of alkyl halides is 2. The minimum absolute atomic E-state index is 0.0309. The van der Waals surface area contributed by atoms with Crippen LogP contribution in [0.25, 0.3) is 0 Å². The number of halogens is 3. The topological polar surface area (TPSA) is 35.0 Å². The second-order valence-corrected chi connectivity index (χ2v) is 8.86. The number of hydrogen-bond donors (Lipinski definition) is 0. The molecule has 0 saturated carbocycles. The normalized spacial score (nSPS) is 14.1. The van der Waals surface area contributed by atoms with Crippen LogP contribution in [0, 0.1) is 5.41 Å². The number of aromatic nitrogens is 2. The molecule has 0 amide bonds. The van der Waals surface area contributed by atoms with Crippen LogP contribution in [0.3, 0.4) is 0 Å². The highest BCUT2D eigenvalue weighted by Gasteiger charge is 2.30. The molecular weight excluding hydrogens is 302 g/mol. The predicted octanol–water partition coefficient (Wildman–Crippen LogP) is 4.20. The van der Waals surface area contributed by atoms with Gasteiger partial charge in [-0.2, -0.15) is 0 Å². The summed E-state index contributed by atoms with van der Waals surface area (Å²) in [6.07, 6.45) is -1.31. The van der Waals surface area contributed by atoms with Gasteiger partial charge < -0.3 is 4.43 Å². The van der Waals surface area contributed by atoms with Crippen LogP contribution >= 0.6 is 11.6 Å². The van der Waals surface area contributed by atoms with Gasteiger partial charge >= 0.3 is 0 Å². The molecule has 0 aliphatic heterocycles. The fourth-order valence-electron chi connectivity index (χ4n) is 1.82. The van der Waals surface area contributed by atoms with Crippen LogP contribution in [0.4, 0.5) is 8.78 Å². The van der Waals surface area contributed by atoms with Crippen molar-refractivity contribution >= 4 is 20.6 Å². The van der Waals surface area contributed by atoms with Gasteiger partial charge in [0.2, 0.25) is 0 Å². The van der Waals surface area contributed by atoms with E-state index in [0.29, 0.717) is 12.2 Å². The lowest BCUT2D eigenvalue weighted by Crippen LogP contribution is -2.26. The van der Waals surface area contributed by atoms with Crippen LogP contribution in [0.2, 0.25) is 18.2 Å². The van der Waals surface area contributed by atoms with Crippen molar-refractivity contribution in [2.45, 2.75) is 46.2 Å². The Hall–Kier alpha value is -0.593. The molecule has 20 heavy (non-hydrogen) atoms. The van der Waals surface area contributed by atoms with E-state index in [2.05, 4.69) is 43.8 Å². The van der Waals surface area contributed by atoms with Gasteiger partial charge in [0.25, 0.3) is 6.43 Å². The summed E-state index contributed by atoms with van der Waals surface area (Å²) in [4.78, 5) is 7.41. The Morgan fingerprint density at radius 1 is 1.35 bits per heavy atom. The third-order valence-corrected chi connectivity index (χ3v) is 4.16. The fraction of sp³-hybridized carbons (Fsp3) is 0.692. The Balaban J connectivity index is 3.08. The summed E-state index contributed by atoms with van der Waals surface area (Å²) in [6.45, 7) is 10.8. The van der Waals surface area contributed by atoms with Crippen molar-refractivity contribution in [2.75, 3.05) is 6.61 Å². The summed E-state index contributed by atoms with van der Waals surface area (Å²) in [6, 6.07) is 0. The maximum absolute atomic E-state index is 12.6. The molecule has 1 aromatic heterocycles. The van der Waals surface area contributed by atoms with E-state index in [1.807, 2.05) is 0 Å². The average molecular weight is 323 g/mol. The Bertz CT molecular complexity index is 452. The van der Waals surface area contributed by atoms with Crippen molar-refractivity contribution in [1.29, 1.82) is 0 Å². The molecule has 0 radical (unpaired) electrons. The van der Waals surface area contributed by atoms with Crippen molar-refractivity contribution in [3.8, 4) is 0 Å². The van der Waals surface area contributed by atoms with E-state index in [-0.39, 0.29) is 16.5 Å². The van der Waals surface area contributed by atoms with E-state index < -0.39 is 21.3 Å². The first kappa shape index (κ1) is 17.5. The lowest BCUT2D eigenvalue weighted by Gasteiger charge is -2.31. The molecule has 1 atom stereocenters. The van der Waals surface area contributed by atoms with Crippen molar-refractivity contribution < 1.29 is 13.2 Å². The van der Waals surface area contributed by atoms with E-state index in [0.717, 1.165) is 0 Å². The number of rotatable bonds is 5. The van der Waals surface area contributed by atoms with Gasteiger partial charge in [-0.05, 0) is 18.5 Å². The molecule has 0 saturated heterocycles. The molecule has 114 valence electrons. The van der Waals surface area contributed by atoms with Crippen molar-refractivity contribution in [3.05, 3.63) is 22.7 Å². The number of nitrogens with zero attached hydrogens (tertiary/aromatic N) is 2. The highest BCUT2D eigenvalue weighted by atomic mass is 35.5. The summed E-state index contributed by atoms with van der Waals surface area (Å²) >= 11 is 6.06. The summed E-state index contributed by atoms with van der Waals surface area (Å²) in [5.74, 6) is -0.567. The van der Waals surface area contributed by atoms with Gasteiger partial charge in [0, 0.05) is 24.3 Å². The molecule has 0 bridgehead atoms. The third-order valence-electron chi connectivity index (χ3n) is 3.00. The monoisotopic (exact) mass is 322 g/mol. The zero-order valence-corrected chi connectivity index (χ0v) is 14.4. The van der Waals surface area contributed by atoms with Crippen LogP contribution in [0.15, 0.2) is 6.20 Å². The Morgan fingerprint density at radius 3 is 2.35 bits per heavy atom. The van der Waals surface area contributed by atoms with Crippen molar-refractivity contribution in [3.63, 3.8) is 0 Å². The molecule has 1 rings (SSSR count). The maximum atomic E-state index is 12.6. The first-order chi connectivity index (χ1) is 9.12. The summed E-state index contributed by atoms with van der Waals surface area (Å²) in [7, 11) is -1.17. The quantitative estimate of drug-likeness (QED) is 0.602. The molecule has 1 aromatic rings. The highest BCUT2D eigenvalue weighted by molar-refractivity contribution is 6.48. The molecule has 0 aromatic carbocycles. The first-order valence-corrected chi connectivity index (χ1v) is 9.71. The van der Waals surface area contributed by atoms with E-state index in [1.165, 1.54) is 6.20 Å². The molecular formula is C13H21ClF2N2OSi. The van der Waals surface area contributed by atoms with Gasteiger partial charge in [0.1, 0.15) is 5.15 Å². The average Bonchev–Trinajstić information content (AvgIpc) is 2.28. The second kappa shape index (κ2) is 6.91. The zero-order chi connectivity index (χ0) is 15.5. The predicted molar refractivity (Wildman–Crippen MR) is 79.0 cm³/mol. The van der Waals surface area contributed by atoms with Crippen LogP contribution in [-0.4, -0.2) is 25.6 Å². The lowest BCUT2D eigenvalue weighted by molar-refractivity contribution is 0.140. The Morgan fingerprint density at radius 2 is 1.95 bits per heavy atom. The molecule has 1 unspecified atom stereocenters. The minimum Gasteiger partial charge on any atom is -0.420 e. The smallest absolute Gasteiger partial charge is 0.297 e. The molecule has 0 N–H and O–H groups in total. The molecule has 7 heteroatoms. The van der Waals surface area contributed by atoms with E-state index >= 15 is 0 Å². The molecule has 0 spiro atoms. The molecule has 3 nitrogen and oxygen atoms in total. The molecule has 1 heterocycles. The highest BCUT2D eigenvalue weighted by Crippen LogP contribution is 2.38. The van der Waals surface area contributed by atoms with Gasteiger partial charge in [-0.1, -0.05) is 32.4 Å². The first-order valence-electron chi connectivity index (χ1n) is 6.55. The van der Waals surface area contributed by atoms with Crippen LogP contribution in [0.5, 0.6) is 0 Å². The van der Waals surface area contributed by atoms with Gasteiger partial charge in [-0.25, -0.2) is 18.7 Å². The van der Waals surface area contributed by atoms with E-state index in [1.54, 1.807) is 0 Å². The zero-order valence-electron chi connectivity index (χ0n) is 12.5. The van der Waals surface area contributed by atoms with E-state index in [4.69, 9.17) is 16.0 Å². The van der Waals surface area contributed by atoms with Gasteiger partial charge in [-0.3, -0.25) is 0 Å². The van der Waals surface area contributed by atoms with Crippen molar-refractivity contribution in [2.24, 2.45) is 5.41 Å². The SMILES string of the molecule is C[SiH](C)OCC(c1cnc(C(F)F)nc1Cl)C(C)(C)C. The standard InChI is InChI=1S/C13H21ClF2N2OSi/c1-13(2,3)9(7-19-20(4)5)8-6-17-12(11(15)16)18-10(8)14/h6,9,11,20H,7H2,1-5H3.